The SMILES string of the molecule is CC=CC(CC(C)C)=C(CC(C)C)C(=O)O. The molecule has 16 heavy (non-hydrogen) atoms. The molecule has 0 heterocycles. The Morgan fingerprint density at radius 3 is 1.94 bits per heavy atom. The summed E-state index contributed by atoms with van der Waals surface area (Å²) < 4.78 is 0. The number of rotatable bonds is 6. The van der Waals surface area contributed by atoms with E-state index >= 15 is 0 Å². The highest BCUT2D eigenvalue weighted by molar-refractivity contribution is 5.88. The molecule has 2 heteroatoms. The molecular weight excluding hydrogens is 200 g/mol. The van der Waals surface area contributed by atoms with Gasteiger partial charge in [0.1, 0.15) is 0 Å². The van der Waals surface area contributed by atoms with Crippen LogP contribution in [0.5, 0.6) is 0 Å². The Labute approximate surface area is 99.1 Å². The van der Waals surface area contributed by atoms with Crippen LogP contribution in [0, 0.1) is 11.8 Å². The molecule has 0 radical (unpaired) electrons. The van der Waals surface area contributed by atoms with E-state index in [0.29, 0.717) is 23.8 Å². The molecule has 2 nitrogen and oxygen atoms in total. The second-order valence-corrected chi connectivity index (χ2v) is 5.00. The molecule has 0 saturated heterocycles. The van der Waals surface area contributed by atoms with Crippen molar-refractivity contribution in [2.45, 2.75) is 47.5 Å². The number of hydrogen-bond acceptors (Lipinski definition) is 1. The van der Waals surface area contributed by atoms with Crippen LogP contribution in [0.15, 0.2) is 23.3 Å². The first kappa shape index (κ1) is 14.9. The predicted octanol–water partition coefficient (Wildman–Crippen LogP) is 4.04. The second kappa shape index (κ2) is 7.26. The van der Waals surface area contributed by atoms with Gasteiger partial charge in [-0.05, 0) is 37.2 Å². The molecule has 0 aliphatic rings. The van der Waals surface area contributed by atoms with E-state index in [0.717, 1.165) is 12.0 Å². The summed E-state index contributed by atoms with van der Waals surface area (Å²) in [6.07, 6.45) is 5.33. The first-order valence-corrected chi connectivity index (χ1v) is 5.96. The Bertz CT molecular complexity index is 283. The number of carboxylic acids is 1. The molecule has 0 aromatic rings. The summed E-state index contributed by atoms with van der Waals surface area (Å²) in [7, 11) is 0. The van der Waals surface area contributed by atoms with E-state index in [1.807, 2.05) is 32.9 Å². The van der Waals surface area contributed by atoms with Gasteiger partial charge >= 0.3 is 5.97 Å². The second-order valence-electron chi connectivity index (χ2n) is 5.00. The van der Waals surface area contributed by atoms with E-state index in [9.17, 15) is 9.90 Å². The van der Waals surface area contributed by atoms with Crippen molar-refractivity contribution in [3.63, 3.8) is 0 Å². The lowest BCUT2D eigenvalue weighted by molar-refractivity contribution is -0.133. The van der Waals surface area contributed by atoms with E-state index < -0.39 is 5.97 Å². The van der Waals surface area contributed by atoms with E-state index in [1.165, 1.54) is 0 Å². The Morgan fingerprint density at radius 1 is 1.12 bits per heavy atom. The molecule has 0 amide bonds. The van der Waals surface area contributed by atoms with Gasteiger partial charge in [-0.3, -0.25) is 0 Å². The minimum Gasteiger partial charge on any atom is -0.478 e. The van der Waals surface area contributed by atoms with Crippen molar-refractivity contribution < 1.29 is 9.90 Å². The third-order valence-electron chi connectivity index (χ3n) is 2.25. The highest BCUT2D eigenvalue weighted by Crippen LogP contribution is 2.22. The smallest absolute Gasteiger partial charge is 0.331 e. The molecule has 0 rings (SSSR count). The van der Waals surface area contributed by atoms with Crippen molar-refractivity contribution in [2.24, 2.45) is 11.8 Å². The molecule has 0 aromatic heterocycles. The summed E-state index contributed by atoms with van der Waals surface area (Å²) in [5, 5.41) is 9.24. The summed E-state index contributed by atoms with van der Waals surface area (Å²) in [5.74, 6) is 0.0775. The monoisotopic (exact) mass is 224 g/mol. The maximum absolute atomic E-state index is 11.2. The third kappa shape index (κ3) is 5.74. The van der Waals surface area contributed by atoms with E-state index in [2.05, 4.69) is 13.8 Å². The lowest BCUT2D eigenvalue weighted by atomic mass is 9.92. The van der Waals surface area contributed by atoms with Crippen molar-refractivity contribution in [1.29, 1.82) is 0 Å². The lowest BCUT2D eigenvalue weighted by Gasteiger charge is -2.13. The fraction of sp³-hybridized carbons (Fsp3) is 0.643. The first-order chi connectivity index (χ1) is 7.38. The number of carbonyl (C=O) groups is 1. The molecule has 92 valence electrons. The van der Waals surface area contributed by atoms with Crippen LogP contribution in [0.4, 0.5) is 0 Å². The first-order valence-electron chi connectivity index (χ1n) is 5.96. The molecule has 0 fully saturated rings. The number of hydrogen-bond donors (Lipinski definition) is 1. The van der Waals surface area contributed by atoms with E-state index in [4.69, 9.17) is 0 Å². The predicted molar refractivity (Wildman–Crippen MR) is 68.4 cm³/mol. The van der Waals surface area contributed by atoms with Gasteiger partial charge in [-0.1, -0.05) is 39.8 Å². The zero-order valence-electron chi connectivity index (χ0n) is 11.1. The molecule has 0 aliphatic carbocycles. The zero-order valence-corrected chi connectivity index (χ0v) is 11.1. The molecule has 0 aliphatic heterocycles. The Hall–Kier alpha value is -1.05. The summed E-state index contributed by atoms with van der Waals surface area (Å²) >= 11 is 0. The van der Waals surface area contributed by atoms with Crippen LogP contribution in [0.25, 0.3) is 0 Å². The standard InChI is InChI=1S/C14H24O2/c1-6-7-12(8-10(2)3)13(14(15)16)9-11(4)5/h6-7,10-11H,8-9H2,1-5H3,(H,15,16). The quantitative estimate of drug-likeness (QED) is 0.546. The van der Waals surface area contributed by atoms with Crippen molar-refractivity contribution in [3.8, 4) is 0 Å². The van der Waals surface area contributed by atoms with Crippen LogP contribution in [-0.2, 0) is 4.79 Å². The summed E-state index contributed by atoms with van der Waals surface area (Å²) in [6.45, 7) is 10.2. The van der Waals surface area contributed by atoms with Crippen LogP contribution in [-0.4, -0.2) is 11.1 Å². The molecular formula is C14H24O2. The third-order valence-corrected chi connectivity index (χ3v) is 2.25. The zero-order chi connectivity index (χ0) is 12.7. The number of aliphatic carboxylic acids is 1. The minimum atomic E-state index is -0.776. The van der Waals surface area contributed by atoms with Crippen molar-refractivity contribution in [3.05, 3.63) is 23.3 Å². The fourth-order valence-electron chi connectivity index (χ4n) is 1.70. The normalized spacial score (nSPS) is 13.7. The molecule has 0 aromatic carbocycles. The molecule has 0 saturated carbocycles. The average molecular weight is 224 g/mol. The number of carboxylic acid groups (broad SMARTS) is 1. The maximum atomic E-state index is 11.2. The molecule has 0 spiro atoms. The summed E-state index contributed by atoms with van der Waals surface area (Å²) in [5.41, 5.74) is 1.54. The lowest BCUT2D eigenvalue weighted by Crippen LogP contribution is -2.08. The fourth-order valence-corrected chi connectivity index (χ4v) is 1.70. The van der Waals surface area contributed by atoms with Gasteiger partial charge in [-0.15, -0.1) is 0 Å². The molecule has 0 bridgehead atoms. The summed E-state index contributed by atoms with van der Waals surface area (Å²) in [4.78, 5) is 11.2. The Balaban J connectivity index is 5.17. The van der Waals surface area contributed by atoms with E-state index in [1.54, 1.807) is 0 Å². The topological polar surface area (TPSA) is 37.3 Å². The van der Waals surface area contributed by atoms with Gasteiger partial charge < -0.3 is 5.11 Å². The Morgan fingerprint density at radius 2 is 1.62 bits per heavy atom. The molecule has 1 N–H and O–H groups in total. The number of allylic oxidation sites excluding steroid dienone is 3. The van der Waals surface area contributed by atoms with Gasteiger partial charge in [0.05, 0.1) is 0 Å². The van der Waals surface area contributed by atoms with Gasteiger partial charge in [-0.25, -0.2) is 4.79 Å². The van der Waals surface area contributed by atoms with Crippen molar-refractivity contribution in [2.75, 3.05) is 0 Å². The van der Waals surface area contributed by atoms with Gasteiger partial charge in [0.2, 0.25) is 0 Å². The van der Waals surface area contributed by atoms with Gasteiger partial charge in [0.25, 0.3) is 0 Å². The van der Waals surface area contributed by atoms with Gasteiger partial charge in [0, 0.05) is 5.57 Å². The van der Waals surface area contributed by atoms with Crippen LogP contribution >= 0.6 is 0 Å². The van der Waals surface area contributed by atoms with E-state index in [-0.39, 0.29) is 0 Å². The largest absolute Gasteiger partial charge is 0.478 e. The van der Waals surface area contributed by atoms with Crippen LogP contribution in [0.3, 0.4) is 0 Å². The molecule has 0 unspecified atom stereocenters. The highest BCUT2D eigenvalue weighted by Gasteiger charge is 2.15. The highest BCUT2D eigenvalue weighted by atomic mass is 16.4. The van der Waals surface area contributed by atoms with Crippen molar-refractivity contribution in [1.82, 2.24) is 0 Å². The van der Waals surface area contributed by atoms with Crippen LogP contribution < -0.4 is 0 Å². The van der Waals surface area contributed by atoms with Crippen molar-refractivity contribution >= 4 is 5.97 Å². The Kier molecular flexibility index (Phi) is 6.78. The summed E-state index contributed by atoms with van der Waals surface area (Å²) in [6, 6.07) is 0. The molecule has 0 atom stereocenters. The maximum Gasteiger partial charge on any atom is 0.331 e. The average Bonchev–Trinajstić information content (AvgIpc) is 2.12. The van der Waals surface area contributed by atoms with Crippen LogP contribution in [0.1, 0.15) is 47.5 Å². The van der Waals surface area contributed by atoms with Gasteiger partial charge in [0.15, 0.2) is 0 Å². The minimum absolute atomic E-state index is 0.374. The van der Waals surface area contributed by atoms with Gasteiger partial charge in [-0.2, -0.15) is 0 Å². The van der Waals surface area contributed by atoms with Crippen LogP contribution in [0.2, 0.25) is 0 Å².